The van der Waals surface area contributed by atoms with Crippen molar-refractivity contribution < 1.29 is 13.6 Å². The van der Waals surface area contributed by atoms with Crippen molar-refractivity contribution in [2.75, 3.05) is 5.32 Å². The first-order chi connectivity index (χ1) is 12.9. The Kier molecular flexibility index (Phi) is 5.25. The summed E-state index contributed by atoms with van der Waals surface area (Å²) in [7, 11) is 0. The molecule has 0 aliphatic carbocycles. The first kappa shape index (κ1) is 18.2. The lowest BCUT2D eigenvalue weighted by Crippen LogP contribution is -2.32. The van der Waals surface area contributed by atoms with E-state index in [0.717, 1.165) is 27.8 Å². The van der Waals surface area contributed by atoms with Gasteiger partial charge >= 0.3 is 6.03 Å². The lowest BCUT2D eigenvalue weighted by Gasteiger charge is -2.10. The second-order valence-electron chi connectivity index (χ2n) is 5.84. The number of benzene rings is 2. The first-order valence-corrected chi connectivity index (χ1v) is 8.07. The molecular formula is C19H16F2N4O2. The molecule has 0 aliphatic heterocycles. The van der Waals surface area contributed by atoms with Crippen LogP contribution in [0.4, 0.5) is 19.4 Å². The maximum absolute atomic E-state index is 13.4. The average Bonchev–Trinajstić information content (AvgIpc) is 2.65. The topological polar surface area (TPSA) is 76.0 Å². The Balaban J connectivity index is 1.73. The van der Waals surface area contributed by atoms with Crippen LogP contribution in [-0.2, 0) is 6.54 Å². The third-order valence-electron chi connectivity index (χ3n) is 3.83. The summed E-state index contributed by atoms with van der Waals surface area (Å²) in [6, 6.07) is 10.1. The molecule has 27 heavy (non-hydrogen) atoms. The summed E-state index contributed by atoms with van der Waals surface area (Å²) >= 11 is 0. The van der Waals surface area contributed by atoms with Gasteiger partial charge in [0.15, 0.2) is 11.6 Å². The lowest BCUT2D eigenvalue weighted by atomic mass is 10.1. The SMILES string of the molecule is Cc1ccc(CNC(=O)Nc2nccn(-c3ccc(F)c(F)c3)c2=O)cc1. The molecule has 0 unspecified atom stereocenters. The molecule has 0 saturated heterocycles. The molecule has 6 nitrogen and oxygen atoms in total. The fraction of sp³-hybridized carbons (Fsp3) is 0.105. The monoisotopic (exact) mass is 370 g/mol. The summed E-state index contributed by atoms with van der Waals surface area (Å²) in [6.45, 7) is 2.24. The average molecular weight is 370 g/mol. The fourth-order valence-electron chi connectivity index (χ4n) is 2.38. The number of hydrogen-bond acceptors (Lipinski definition) is 3. The minimum atomic E-state index is -1.08. The molecular weight excluding hydrogens is 354 g/mol. The summed E-state index contributed by atoms with van der Waals surface area (Å²) in [5, 5.41) is 4.99. The number of halogens is 2. The van der Waals surface area contributed by atoms with E-state index < -0.39 is 23.2 Å². The highest BCUT2D eigenvalue weighted by molar-refractivity contribution is 5.87. The summed E-state index contributed by atoms with van der Waals surface area (Å²) in [5.74, 6) is -2.33. The molecule has 3 rings (SSSR count). The van der Waals surface area contributed by atoms with Gasteiger partial charge in [0.05, 0.1) is 5.69 Å². The molecule has 138 valence electrons. The van der Waals surface area contributed by atoms with E-state index in [4.69, 9.17) is 0 Å². The number of carbonyl (C=O) groups excluding carboxylic acids is 1. The van der Waals surface area contributed by atoms with Crippen molar-refractivity contribution >= 4 is 11.8 Å². The van der Waals surface area contributed by atoms with E-state index in [9.17, 15) is 18.4 Å². The van der Waals surface area contributed by atoms with Crippen LogP contribution in [0.5, 0.6) is 0 Å². The van der Waals surface area contributed by atoms with Crippen molar-refractivity contribution in [3.8, 4) is 5.69 Å². The number of carbonyl (C=O) groups is 1. The number of nitrogens with zero attached hydrogens (tertiary/aromatic N) is 2. The molecule has 0 bridgehead atoms. The Hall–Kier alpha value is -3.55. The van der Waals surface area contributed by atoms with E-state index in [2.05, 4.69) is 15.6 Å². The van der Waals surface area contributed by atoms with Crippen LogP contribution in [0.3, 0.4) is 0 Å². The molecule has 3 aromatic rings. The van der Waals surface area contributed by atoms with Crippen LogP contribution in [0, 0.1) is 18.6 Å². The van der Waals surface area contributed by atoms with Crippen LogP contribution in [-0.4, -0.2) is 15.6 Å². The van der Waals surface area contributed by atoms with Crippen LogP contribution >= 0.6 is 0 Å². The third-order valence-corrected chi connectivity index (χ3v) is 3.83. The Morgan fingerprint density at radius 3 is 2.56 bits per heavy atom. The number of urea groups is 1. The highest BCUT2D eigenvalue weighted by Gasteiger charge is 2.11. The number of aryl methyl sites for hydroxylation is 1. The van der Waals surface area contributed by atoms with Crippen molar-refractivity contribution in [2.24, 2.45) is 0 Å². The van der Waals surface area contributed by atoms with Gasteiger partial charge in [-0.25, -0.2) is 18.6 Å². The molecule has 0 atom stereocenters. The Bertz CT molecular complexity index is 1030. The zero-order valence-electron chi connectivity index (χ0n) is 14.4. The second kappa shape index (κ2) is 7.77. The lowest BCUT2D eigenvalue weighted by molar-refractivity contribution is 0.251. The van der Waals surface area contributed by atoms with Crippen LogP contribution < -0.4 is 16.2 Å². The van der Waals surface area contributed by atoms with Crippen molar-refractivity contribution in [3.63, 3.8) is 0 Å². The zero-order chi connectivity index (χ0) is 19.4. The molecule has 2 aromatic carbocycles. The van der Waals surface area contributed by atoms with E-state index in [-0.39, 0.29) is 18.1 Å². The molecule has 8 heteroatoms. The molecule has 2 N–H and O–H groups in total. The quantitative estimate of drug-likeness (QED) is 0.741. The molecule has 0 spiro atoms. The van der Waals surface area contributed by atoms with Crippen LogP contribution in [0.1, 0.15) is 11.1 Å². The molecule has 0 fully saturated rings. The summed E-state index contributed by atoms with van der Waals surface area (Å²) < 4.78 is 27.5. The normalized spacial score (nSPS) is 10.5. The zero-order valence-corrected chi connectivity index (χ0v) is 14.4. The minimum absolute atomic E-state index is 0.115. The second-order valence-corrected chi connectivity index (χ2v) is 5.84. The molecule has 1 heterocycles. The standard InChI is InChI=1S/C19H16F2N4O2/c1-12-2-4-13(5-3-12)11-23-19(27)24-17-18(26)25(9-8-22-17)14-6-7-15(20)16(21)10-14/h2-10H,11H2,1H3,(H2,22,23,24,27). The highest BCUT2D eigenvalue weighted by atomic mass is 19.2. The van der Waals surface area contributed by atoms with Gasteiger partial charge in [0.1, 0.15) is 0 Å². The van der Waals surface area contributed by atoms with Gasteiger partial charge in [0.25, 0.3) is 5.56 Å². The van der Waals surface area contributed by atoms with E-state index in [1.165, 1.54) is 18.5 Å². The Morgan fingerprint density at radius 2 is 1.85 bits per heavy atom. The maximum atomic E-state index is 13.4. The summed E-state index contributed by atoms with van der Waals surface area (Å²) in [6.07, 6.45) is 2.57. The number of aromatic nitrogens is 2. The van der Waals surface area contributed by atoms with Gasteiger partial charge in [-0.15, -0.1) is 0 Å². The predicted molar refractivity (Wildman–Crippen MR) is 96.8 cm³/mol. The molecule has 1 aromatic heterocycles. The molecule has 0 radical (unpaired) electrons. The van der Waals surface area contributed by atoms with Crippen LogP contribution in [0.15, 0.2) is 59.7 Å². The van der Waals surface area contributed by atoms with Gasteiger partial charge in [-0.3, -0.25) is 14.7 Å². The van der Waals surface area contributed by atoms with Gasteiger partial charge in [0, 0.05) is 25.0 Å². The van der Waals surface area contributed by atoms with Gasteiger partial charge in [-0.2, -0.15) is 0 Å². The van der Waals surface area contributed by atoms with Crippen molar-refractivity contribution in [3.05, 3.63) is 88.0 Å². The van der Waals surface area contributed by atoms with Gasteiger partial charge in [0.2, 0.25) is 5.82 Å². The van der Waals surface area contributed by atoms with Crippen LogP contribution in [0.25, 0.3) is 5.69 Å². The smallest absolute Gasteiger partial charge is 0.320 e. The number of amides is 2. The van der Waals surface area contributed by atoms with Gasteiger partial charge in [-0.05, 0) is 24.6 Å². The van der Waals surface area contributed by atoms with Crippen molar-refractivity contribution in [1.29, 1.82) is 0 Å². The molecule has 0 saturated carbocycles. The minimum Gasteiger partial charge on any atom is -0.334 e. The van der Waals surface area contributed by atoms with E-state index in [1.807, 2.05) is 31.2 Å². The van der Waals surface area contributed by atoms with Gasteiger partial charge in [-0.1, -0.05) is 29.8 Å². The number of anilines is 1. The highest BCUT2D eigenvalue weighted by Crippen LogP contribution is 2.12. The van der Waals surface area contributed by atoms with Crippen molar-refractivity contribution in [2.45, 2.75) is 13.5 Å². The number of rotatable bonds is 4. The third kappa shape index (κ3) is 4.35. The van der Waals surface area contributed by atoms with Gasteiger partial charge < -0.3 is 5.32 Å². The number of nitrogens with one attached hydrogen (secondary N) is 2. The van der Waals surface area contributed by atoms with E-state index >= 15 is 0 Å². The van der Waals surface area contributed by atoms with Crippen molar-refractivity contribution in [1.82, 2.24) is 14.9 Å². The molecule has 0 aliphatic rings. The predicted octanol–water partition coefficient (Wildman–Crippen LogP) is 3.14. The first-order valence-electron chi connectivity index (χ1n) is 8.07. The van der Waals surface area contributed by atoms with E-state index in [0.29, 0.717) is 0 Å². The summed E-state index contributed by atoms with van der Waals surface area (Å²) in [4.78, 5) is 28.3. The van der Waals surface area contributed by atoms with Crippen LogP contribution in [0.2, 0.25) is 0 Å². The fourth-order valence-corrected chi connectivity index (χ4v) is 2.38. The molecule has 2 amide bonds. The van der Waals surface area contributed by atoms with E-state index in [1.54, 1.807) is 0 Å². The maximum Gasteiger partial charge on any atom is 0.320 e. The Labute approximate surface area is 153 Å². The summed E-state index contributed by atoms with van der Waals surface area (Å²) in [5.41, 5.74) is 1.45. The number of hydrogen-bond donors (Lipinski definition) is 2. The Morgan fingerprint density at radius 1 is 1.11 bits per heavy atom. The largest absolute Gasteiger partial charge is 0.334 e.